The number of carbonyl (C=O) groups excluding carboxylic acids is 1. The molecular formula is C17H16N2O2S. The van der Waals surface area contributed by atoms with Gasteiger partial charge in [-0.2, -0.15) is 0 Å². The quantitative estimate of drug-likeness (QED) is 0.690. The number of methoxy groups -OCH3 is 1. The summed E-state index contributed by atoms with van der Waals surface area (Å²) in [5.41, 5.74) is 1.57. The zero-order valence-electron chi connectivity index (χ0n) is 12.7. The highest BCUT2D eigenvalue weighted by atomic mass is 32.1. The van der Waals surface area contributed by atoms with E-state index in [1.807, 2.05) is 48.8 Å². The number of rotatable bonds is 3. The van der Waals surface area contributed by atoms with Gasteiger partial charge in [0.05, 0.1) is 12.7 Å². The molecule has 0 saturated carbocycles. The maximum absolute atomic E-state index is 11.8. The highest BCUT2D eigenvalue weighted by molar-refractivity contribution is 7.13. The minimum Gasteiger partial charge on any atom is -0.465 e. The van der Waals surface area contributed by atoms with Gasteiger partial charge in [0.2, 0.25) is 0 Å². The molecule has 0 aliphatic heterocycles. The van der Waals surface area contributed by atoms with Crippen LogP contribution < -0.4 is 4.90 Å². The Morgan fingerprint density at radius 2 is 2.05 bits per heavy atom. The van der Waals surface area contributed by atoms with Crippen LogP contribution in [0.25, 0.3) is 21.2 Å². The third kappa shape index (κ3) is 2.44. The second-order valence-corrected chi connectivity index (χ2v) is 6.07. The number of benzene rings is 1. The summed E-state index contributed by atoms with van der Waals surface area (Å²) in [6, 6.07) is 9.66. The van der Waals surface area contributed by atoms with E-state index >= 15 is 0 Å². The standard InChI is InChI=1S/C17H16N2O2S/c1-19(2)16-12-7-6-11(17(20)21-3)9-13(12)14(10-18-16)15-5-4-8-22-15/h4-10H,1-3H3. The van der Waals surface area contributed by atoms with Crippen LogP contribution >= 0.6 is 11.3 Å². The normalized spacial score (nSPS) is 10.7. The minimum atomic E-state index is -0.331. The molecule has 4 nitrogen and oxygen atoms in total. The van der Waals surface area contributed by atoms with Crippen molar-refractivity contribution >= 4 is 33.9 Å². The van der Waals surface area contributed by atoms with Crippen LogP contribution in [0, 0.1) is 0 Å². The lowest BCUT2D eigenvalue weighted by molar-refractivity contribution is 0.0601. The molecule has 0 unspecified atom stereocenters. The fourth-order valence-corrected chi connectivity index (χ4v) is 3.21. The molecule has 1 aromatic carbocycles. The minimum absolute atomic E-state index is 0.331. The first-order valence-electron chi connectivity index (χ1n) is 6.84. The Labute approximate surface area is 133 Å². The molecule has 0 N–H and O–H groups in total. The molecule has 112 valence electrons. The van der Waals surface area contributed by atoms with Gasteiger partial charge in [-0.25, -0.2) is 9.78 Å². The molecule has 5 heteroatoms. The van der Waals surface area contributed by atoms with Gasteiger partial charge in [0.15, 0.2) is 0 Å². The van der Waals surface area contributed by atoms with E-state index in [0.717, 1.165) is 27.0 Å². The number of ether oxygens (including phenoxy) is 1. The lowest BCUT2D eigenvalue weighted by Crippen LogP contribution is -2.11. The molecule has 0 bridgehead atoms. The Morgan fingerprint density at radius 3 is 2.68 bits per heavy atom. The first-order chi connectivity index (χ1) is 10.6. The van der Waals surface area contributed by atoms with E-state index in [2.05, 4.69) is 11.1 Å². The highest BCUT2D eigenvalue weighted by Gasteiger charge is 2.14. The molecular weight excluding hydrogens is 296 g/mol. The molecule has 0 fully saturated rings. The van der Waals surface area contributed by atoms with Crippen LogP contribution in [0.3, 0.4) is 0 Å². The monoisotopic (exact) mass is 312 g/mol. The molecule has 2 heterocycles. The topological polar surface area (TPSA) is 42.4 Å². The SMILES string of the molecule is COC(=O)c1ccc2c(N(C)C)ncc(-c3cccs3)c2c1. The second kappa shape index (κ2) is 5.77. The fourth-order valence-electron chi connectivity index (χ4n) is 2.46. The van der Waals surface area contributed by atoms with Crippen molar-refractivity contribution < 1.29 is 9.53 Å². The Kier molecular flexibility index (Phi) is 3.81. The third-order valence-corrected chi connectivity index (χ3v) is 4.40. The summed E-state index contributed by atoms with van der Waals surface area (Å²) in [7, 11) is 5.31. The van der Waals surface area contributed by atoms with Crippen molar-refractivity contribution in [3.63, 3.8) is 0 Å². The number of esters is 1. The van der Waals surface area contributed by atoms with Crippen LogP contribution in [0.5, 0.6) is 0 Å². The molecule has 0 aliphatic carbocycles. The number of hydrogen-bond donors (Lipinski definition) is 0. The van der Waals surface area contributed by atoms with Gasteiger partial charge in [-0.15, -0.1) is 11.3 Å². The van der Waals surface area contributed by atoms with Gasteiger partial charge in [0.25, 0.3) is 0 Å². The number of pyridine rings is 1. The largest absolute Gasteiger partial charge is 0.465 e. The van der Waals surface area contributed by atoms with Crippen LogP contribution in [0.1, 0.15) is 10.4 Å². The lowest BCUT2D eigenvalue weighted by Gasteiger charge is -2.16. The van der Waals surface area contributed by atoms with Gasteiger partial charge in [0.1, 0.15) is 5.82 Å². The number of nitrogens with zero attached hydrogens (tertiary/aromatic N) is 2. The summed E-state index contributed by atoms with van der Waals surface area (Å²) in [6.45, 7) is 0. The zero-order valence-corrected chi connectivity index (χ0v) is 13.5. The summed E-state index contributed by atoms with van der Waals surface area (Å²) in [6.07, 6.45) is 1.87. The Hall–Kier alpha value is -2.40. The van der Waals surface area contributed by atoms with Crippen LogP contribution in [0.2, 0.25) is 0 Å². The summed E-state index contributed by atoms with van der Waals surface area (Å²) < 4.78 is 4.83. The van der Waals surface area contributed by atoms with Crippen molar-refractivity contribution in [2.24, 2.45) is 0 Å². The van der Waals surface area contributed by atoms with Crippen molar-refractivity contribution in [2.45, 2.75) is 0 Å². The number of hydrogen-bond acceptors (Lipinski definition) is 5. The molecule has 0 atom stereocenters. The van der Waals surface area contributed by atoms with E-state index in [4.69, 9.17) is 4.74 Å². The molecule has 0 amide bonds. The van der Waals surface area contributed by atoms with Gasteiger partial charge < -0.3 is 9.64 Å². The van der Waals surface area contributed by atoms with E-state index in [1.54, 1.807) is 17.4 Å². The van der Waals surface area contributed by atoms with E-state index in [1.165, 1.54) is 7.11 Å². The van der Waals surface area contributed by atoms with E-state index < -0.39 is 0 Å². The maximum Gasteiger partial charge on any atom is 0.337 e. The number of thiophene rings is 1. The summed E-state index contributed by atoms with van der Waals surface area (Å²) in [4.78, 5) is 19.5. The van der Waals surface area contributed by atoms with Gasteiger partial charge in [-0.1, -0.05) is 6.07 Å². The molecule has 0 aliphatic rings. The van der Waals surface area contributed by atoms with Crippen LogP contribution in [0.15, 0.2) is 41.9 Å². The lowest BCUT2D eigenvalue weighted by atomic mass is 10.0. The third-order valence-electron chi connectivity index (χ3n) is 3.50. The van der Waals surface area contributed by atoms with E-state index in [9.17, 15) is 4.79 Å². The molecule has 0 radical (unpaired) electrons. The van der Waals surface area contributed by atoms with E-state index in [0.29, 0.717) is 5.56 Å². The smallest absolute Gasteiger partial charge is 0.337 e. The molecule has 3 rings (SSSR count). The van der Waals surface area contributed by atoms with Crippen molar-refractivity contribution in [3.05, 3.63) is 47.5 Å². The summed E-state index contributed by atoms with van der Waals surface area (Å²) in [5.74, 6) is 0.550. The first-order valence-corrected chi connectivity index (χ1v) is 7.72. The number of anilines is 1. The van der Waals surface area contributed by atoms with Crippen LogP contribution in [-0.2, 0) is 4.74 Å². The van der Waals surface area contributed by atoms with E-state index in [-0.39, 0.29) is 5.97 Å². The second-order valence-electron chi connectivity index (χ2n) is 5.12. The van der Waals surface area contributed by atoms with Crippen molar-refractivity contribution in [1.29, 1.82) is 0 Å². The molecule has 2 aromatic heterocycles. The molecule has 3 aromatic rings. The van der Waals surface area contributed by atoms with Crippen LogP contribution in [0.4, 0.5) is 5.82 Å². The average Bonchev–Trinajstić information content (AvgIpc) is 3.06. The van der Waals surface area contributed by atoms with Gasteiger partial charge in [0, 0.05) is 36.1 Å². The number of aromatic nitrogens is 1. The van der Waals surface area contributed by atoms with Crippen LogP contribution in [-0.4, -0.2) is 32.2 Å². The average molecular weight is 312 g/mol. The van der Waals surface area contributed by atoms with Crippen molar-refractivity contribution in [2.75, 3.05) is 26.1 Å². The Bertz CT molecular complexity index is 826. The predicted molar refractivity (Wildman–Crippen MR) is 90.7 cm³/mol. The zero-order chi connectivity index (χ0) is 15.7. The number of carbonyl (C=O) groups is 1. The van der Waals surface area contributed by atoms with Gasteiger partial charge in [-0.05, 0) is 35.0 Å². The first kappa shape index (κ1) is 14.5. The highest BCUT2D eigenvalue weighted by Crippen LogP contribution is 2.35. The maximum atomic E-state index is 11.8. The molecule has 0 saturated heterocycles. The van der Waals surface area contributed by atoms with Crippen molar-refractivity contribution in [1.82, 2.24) is 4.98 Å². The fraction of sp³-hybridized carbons (Fsp3) is 0.176. The molecule has 0 spiro atoms. The van der Waals surface area contributed by atoms with Gasteiger partial charge in [-0.3, -0.25) is 0 Å². The van der Waals surface area contributed by atoms with Crippen molar-refractivity contribution in [3.8, 4) is 10.4 Å². The summed E-state index contributed by atoms with van der Waals surface area (Å²) >= 11 is 1.66. The van der Waals surface area contributed by atoms with Gasteiger partial charge >= 0.3 is 5.97 Å². The Morgan fingerprint density at radius 1 is 1.23 bits per heavy atom. The molecule has 22 heavy (non-hydrogen) atoms. The predicted octanol–water partition coefficient (Wildman–Crippen LogP) is 3.82. The summed E-state index contributed by atoms with van der Waals surface area (Å²) in [5, 5.41) is 4.05. The number of fused-ring (bicyclic) bond motifs is 1. The Balaban J connectivity index is 2.31.